The molecule has 1 aromatic carbocycles. The number of rotatable bonds is 2. The normalized spacial score (nSPS) is 11.4. The summed E-state index contributed by atoms with van der Waals surface area (Å²) in [6, 6.07) is 13.5. The topological polar surface area (TPSA) is 51.3 Å². The van der Waals surface area contributed by atoms with Crippen LogP contribution in [0.15, 0.2) is 53.7 Å². The van der Waals surface area contributed by atoms with Gasteiger partial charge in [-0.15, -0.1) is 0 Å². The van der Waals surface area contributed by atoms with Crippen molar-refractivity contribution in [2.75, 3.05) is 0 Å². The van der Waals surface area contributed by atoms with Crippen molar-refractivity contribution in [3.63, 3.8) is 0 Å². The van der Waals surface area contributed by atoms with Gasteiger partial charge < -0.3 is 5.73 Å². The SMILES string of the molecule is Cc1ccc(C(N)=Nc2ccccn2)cc1. The van der Waals surface area contributed by atoms with E-state index < -0.39 is 0 Å². The zero-order valence-corrected chi connectivity index (χ0v) is 9.09. The van der Waals surface area contributed by atoms with Crippen LogP contribution in [0.5, 0.6) is 0 Å². The predicted octanol–water partition coefficient (Wildman–Crippen LogP) is 2.43. The second-order valence-corrected chi connectivity index (χ2v) is 3.55. The van der Waals surface area contributed by atoms with Crippen molar-refractivity contribution in [3.05, 3.63) is 59.8 Å². The first-order valence-electron chi connectivity index (χ1n) is 5.08. The van der Waals surface area contributed by atoms with Crippen LogP contribution in [0.3, 0.4) is 0 Å². The van der Waals surface area contributed by atoms with Crippen LogP contribution in [0.4, 0.5) is 5.82 Å². The summed E-state index contributed by atoms with van der Waals surface area (Å²) in [7, 11) is 0. The summed E-state index contributed by atoms with van der Waals surface area (Å²) >= 11 is 0. The van der Waals surface area contributed by atoms with E-state index in [4.69, 9.17) is 5.73 Å². The molecule has 1 heterocycles. The van der Waals surface area contributed by atoms with E-state index in [-0.39, 0.29) is 0 Å². The highest BCUT2D eigenvalue weighted by Crippen LogP contribution is 2.08. The molecule has 80 valence electrons. The average molecular weight is 211 g/mol. The molecule has 3 nitrogen and oxygen atoms in total. The Hall–Kier alpha value is -2.16. The zero-order chi connectivity index (χ0) is 11.4. The number of aryl methyl sites for hydroxylation is 1. The lowest BCUT2D eigenvalue weighted by atomic mass is 10.1. The minimum atomic E-state index is 0.485. The van der Waals surface area contributed by atoms with E-state index in [1.54, 1.807) is 6.20 Å². The lowest BCUT2D eigenvalue weighted by Crippen LogP contribution is -2.12. The molecule has 0 radical (unpaired) electrons. The van der Waals surface area contributed by atoms with Gasteiger partial charge in [0.15, 0.2) is 5.82 Å². The minimum absolute atomic E-state index is 0.485. The van der Waals surface area contributed by atoms with E-state index in [0.29, 0.717) is 11.7 Å². The first-order valence-corrected chi connectivity index (χ1v) is 5.08. The van der Waals surface area contributed by atoms with Crippen molar-refractivity contribution in [1.82, 2.24) is 4.98 Å². The third-order valence-corrected chi connectivity index (χ3v) is 2.23. The fourth-order valence-corrected chi connectivity index (χ4v) is 1.33. The van der Waals surface area contributed by atoms with Gasteiger partial charge in [-0.05, 0) is 19.1 Å². The second kappa shape index (κ2) is 4.57. The Morgan fingerprint density at radius 3 is 2.50 bits per heavy atom. The summed E-state index contributed by atoms with van der Waals surface area (Å²) in [5, 5.41) is 0. The number of nitrogens with zero attached hydrogens (tertiary/aromatic N) is 2. The first kappa shape index (κ1) is 10.4. The fourth-order valence-electron chi connectivity index (χ4n) is 1.33. The smallest absolute Gasteiger partial charge is 0.154 e. The van der Waals surface area contributed by atoms with Gasteiger partial charge in [-0.1, -0.05) is 35.9 Å². The number of hydrogen-bond acceptors (Lipinski definition) is 2. The van der Waals surface area contributed by atoms with Crippen LogP contribution in [0.2, 0.25) is 0 Å². The van der Waals surface area contributed by atoms with Gasteiger partial charge in [-0.25, -0.2) is 9.98 Å². The van der Waals surface area contributed by atoms with Crippen molar-refractivity contribution in [3.8, 4) is 0 Å². The maximum absolute atomic E-state index is 5.89. The molecule has 0 bridgehead atoms. The molecule has 1 aromatic heterocycles. The molecule has 0 spiro atoms. The van der Waals surface area contributed by atoms with Crippen LogP contribution >= 0.6 is 0 Å². The molecule has 0 aliphatic heterocycles. The quantitative estimate of drug-likeness (QED) is 0.612. The molecule has 0 saturated heterocycles. The highest BCUT2D eigenvalue weighted by molar-refractivity contribution is 5.98. The Kier molecular flexibility index (Phi) is 2.96. The van der Waals surface area contributed by atoms with Crippen molar-refractivity contribution >= 4 is 11.7 Å². The van der Waals surface area contributed by atoms with Crippen LogP contribution < -0.4 is 5.73 Å². The Bertz CT molecular complexity index is 486. The summed E-state index contributed by atoms with van der Waals surface area (Å²) in [5.74, 6) is 1.11. The van der Waals surface area contributed by atoms with Crippen LogP contribution in [-0.2, 0) is 0 Å². The van der Waals surface area contributed by atoms with Crippen molar-refractivity contribution in [2.24, 2.45) is 10.7 Å². The summed E-state index contributed by atoms with van der Waals surface area (Å²) in [6.45, 7) is 2.04. The van der Waals surface area contributed by atoms with Gasteiger partial charge >= 0.3 is 0 Å². The van der Waals surface area contributed by atoms with E-state index in [9.17, 15) is 0 Å². The van der Waals surface area contributed by atoms with E-state index in [2.05, 4.69) is 9.98 Å². The summed E-state index contributed by atoms with van der Waals surface area (Å²) in [5.41, 5.74) is 8.00. The van der Waals surface area contributed by atoms with E-state index in [1.807, 2.05) is 49.4 Å². The first-order chi connectivity index (χ1) is 7.75. The summed E-state index contributed by atoms with van der Waals surface area (Å²) in [4.78, 5) is 8.34. The predicted molar refractivity (Wildman–Crippen MR) is 65.8 cm³/mol. The molecule has 0 aliphatic carbocycles. The average Bonchev–Trinajstić information content (AvgIpc) is 2.31. The molecule has 0 unspecified atom stereocenters. The highest BCUT2D eigenvalue weighted by atomic mass is 14.9. The monoisotopic (exact) mass is 211 g/mol. The Balaban J connectivity index is 2.28. The number of pyridine rings is 1. The second-order valence-electron chi connectivity index (χ2n) is 3.55. The van der Waals surface area contributed by atoms with E-state index in [0.717, 1.165) is 5.56 Å². The zero-order valence-electron chi connectivity index (χ0n) is 9.09. The number of amidine groups is 1. The standard InChI is InChI=1S/C13H13N3/c1-10-5-7-11(8-6-10)13(14)16-12-4-2-3-9-15-12/h2-9H,1H3,(H2,14,15,16). The molecule has 2 aromatic rings. The molecular formula is C13H13N3. The molecule has 2 N–H and O–H groups in total. The van der Waals surface area contributed by atoms with Gasteiger partial charge in [0.05, 0.1) is 0 Å². The highest BCUT2D eigenvalue weighted by Gasteiger charge is 1.98. The Morgan fingerprint density at radius 1 is 1.12 bits per heavy atom. The molecular weight excluding hydrogens is 198 g/mol. The van der Waals surface area contributed by atoms with Crippen LogP contribution in [0.1, 0.15) is 11.1 Å². The number of benzene rings is 1. The fraction of sp³-hybridized carbons (Fsp3) is 0.0769. The lowest BCUT2D eigenvalue weighted by molar-refractivity contribution is 1.26. The Labute approximate surface area is 94.7 Å². The molecule has 3 heteroatoms. The van der Waals surface area contributed by atoms with Crippen molar-refractivity contribution < 1.29 is 0 Å². The summed E-state index contributed by atoms with van der Waals surface area (Å²) in [6.07, 6.45) is 1.70. The molecule has 0 amide bonds. The van der Waals surface area contributed by atoms with E-state index in [1.165, 1.54) is 5.56 Å². The molecule has 0 aliphatic rings. The van der Waals surface area contributed by atoms with Crippen LogP contribution in [0.25, 0.3) is 0 Å². The number of hydrogen-bond donors (Lipinski definition) is 1. The van der Waals surface area contributed by atoms with Gasteiger partial charge in [-0.3, -0.25) is 0 Å². The summed E-state index contributed by atoms with van der Waals surface area (Å²) < 4.78 is 0. The van der Waals surface area contributed by atoms with Gasteiger partial charge in [0.2, 0.25) is 0 Å². The maximum Gasteiger partial charge on any atom is 0.154 e. The lowest BCUT2D eigenvalue weighted by Gasteiger charge is -2.01. The molecule has 2 rings (SSSR count). The third kappa shape index (κ3) is 2.45. The molecule has 16 heavy (non-hydrogen) atoms. The number of aliphatic imine (C=N–C) groups is 1. The number of aromatic nitrogens is 1. The maximum atomic E-state index is 5.89. The van der Waals surface area contributed by atoms with Crippen LogP contribution in [0, 0.1) is 6.92 Å². The van der Waals surface area contributed by atoms with Gasteiger partial charge in [0, 0.05) is 11.8 Å². The van der Waals surface area contributed by atoms with Crippen LogP contribution in [-0.4, -0.2) is 10.8 Å². The molecule has 0 atom stereocenters. The van der Waals surface area contributed by atoms with E-state index >= 15 is 0 Å². The van der Waals surface area contributed by atoms with Gasteiger partial charge in [0.1, 0.15) is 5.84 Å². The Morgan fingerprint density at radius 2 is 1.88 bits per heavy atom. The molecule has 0 saturated carbocycles. The number of nitrogens with two attached hydrogens (primary N) is 1. The van der Waals surface area contributed by atoms with Gasteiger partial charge in [0.25, 0.3) is 0 Å². The third-order valence-electron chi connectivity index (χ3n) is 2.23. The van der Waals surface area contributed by atoms with Gasteiger partial charge in [-0.2, -0.15) is 0 Å². The van der Waals surface area contributed by atoms with Crippen molar-refractivity contribution in [1.29, 1.82) is 0 Å². The molecule has 0 fully saturated rings. The minimum Gasteiger partial charge on any atom is -0.383 e. The largest absolute Gasteiger partial charge is 0.383 e. The van der Waals surface area contributed by atoms with Crippen molar-refractivity contribution in [2.45, 2.75) is 6.92 Å².